The Hall–Kier alpha value is -0.580. The van der Waals surface area contributed by atoms with Gasteiger partial charge in [-0.3, -0.25) is 0 Å². The van der Waals surface area contributed by atoms with Gasteiger partial charge in [0, 0.05) is 6.54 Å². The van der Waals surface area contributed by atoms with Gasteiger partial charge < -0.3 is 15.2 Å². The fourth-order valence-corrected chi connectivity index (χ4v) is 2.19. The van der Waals surface area contributed by atoms with E-state index in [-0.39, 0.29) is 11.8 Å². The Kier molecular flexibility index (Phi) is 3.29. The van der Waals surface area contributed by atoms with Gasteiger partial charge in [-0.05, 0) is 40.0 Å². The molecule has 1 atom stereocenters. The van der Waals surface area contributed by atoms with Crippen LogP contribution in [0.5, 0.6) is 5.75 Å². The van der Waals surface area contributed by atoms with Crippen LogP contribution < -0.4 is 5.32 Å². The van der Waals surface area contributed by atoms with Gasteiger partial charge in [0.25, 0.3) is 0 Å². The van der Waals surface area contributed by atoms with E-state index in [1.807, 2.05) is 13.0 Å². The maximum absolute atomic E-state index is 9.52. The third-order valence-corrected chi connectivity index (χ3v) is 3.71. The first-order chi connectivity index (χ1) is 7.20. The second-order valence-electron chi connectivity index (χ2n) is 3.69. The molecule has 15 heavy (non-hydrogen) atoms. The van der Waals surface area contributed by atoms with E-state index >= 15 is 0 Å². The summed E-state index contributed by atoms with van der Waals surface area (Å²) in [5.41, 5.74) is 2.25. The number of hydrogen-bond acceptors (Lipinski definition) is 3. The molecule has 2 rings (SSSR count). The van der Waals surface area contributed by atoms with Crippen LogP contribution >= 0.6 is 15.9 Å². The molecule has 1 aromatic carbocycles. The lowest BCUT2D eigenvalue weighted by Gasteiger charge is -2.26. The summed E-state index contributed by atoms with van der Waals surface area (Å²) in [5.74, 6) is 0.285. The lowest BCUT2D eigenvalue weighted by Crippen LogP contribution is -2.34. The minimum atomic E-state index is 0.232. The van der Waals surface area contributed by atoms with E-state index in [9.17, 15) is 5.11 Å². The van der Waals surface area contributed by atoms with E-state index in [1.165, 1.54) is 5.56 Å². The predicted octanol–water partition coefficient (Wildman–Crippen LogP) is 2.12. The highest BCUT2D eigenvalue weighted by atomic mass is 79.9. The minimum absolute atomic E-state index is 0.232. The molecule has 0 bridgehead atoms. The summed E-state index contributed by atoms with van der Waals surface area (Å²) in [4.78, 5) is 0. The lowest BCUT2D eigenvalue weighted by atomic mass is 10.0. The van der Waals surface area contributed by atoms with Crippen molar-refractivity contribution < 1.29 is 9.84 Å². The highest BCUT2D eigenvalue weighted by molar-refractivity contribution is 9.10. The van der Waals surface area contributed by atoms with Gasteiger partial charge in [0.1, 0.15) is 5.75 Å². The number of morpholine rings is 1. The van der Waals surface area contributed by atoms with Crippen LogP contribution in [0.2, 0.25) is 0 Å². The molecule has 1 saturated heterocycles. The van der Waals surface area contributed by atoms with Crippen molar-refractivity contribution in [3.63, 3.8) is 0 Å². The molecule has 1 unspecified atom stereocenters. The van der Waals surface area contributed by atoms with Crippen molar-refractivity contribution in [1.82, 2.24) is 5.32 Å². The van der Waals surface area contributed by atoms with Crippen molar-refractivity contribution in [3.8, 4) is 5.75 Å². The number of phenolic OH excluding ortho intramolecular Hbond substituents is 1. The zero-order valence-corrected chi connectivity index (χ0v) is 10.2. The summed E-state index contributed by atoms with van der Waals surface area (Å²) in [6.07, 6.45) is 0. The van der Waals surface area contributed by atoms with E-state index in [1.54, 1.807) is 6.07 Å². The normalized spacial score (nSPS) is 21.6. The van der Waals surface area contributed by atoms with E-state index < -0.39 is 0 Å². The minimum Gasteiger partial charge on any atom is -0.507 e. The number of aromatic hydroxyl groups is 1. The quantitative estimate of drug-likeness (QED) is 0.822. The molecule has 1 heterocycles. The summed E-state index contributed by atoms with van der Waals surface area (Å²) in [6.45, 7) is 4.34. The van der Waals surface area contributed by atoms with E-state index in [2.05, 4.69) is 21.2 Å². The summed E-state index contributed by atoms with van der Waals surface area (Å²) >= 11 is 3.38. The molecule has 4 heteroatoms. The van der Waals surface area contributed by atoms with E-state index in [0.717, 1.165) is 23.2 Å². The highest BCUT2D eigenvalue weighted by Crippen LogP contribution is 2.32. The third kappa shape index (κ3) is 2.17. The molecule has 0 spiro atoms. The van der Waals surface area contributed by atoms with Crippen molar-refractivity contribution in [2.45, 2.75) is 13.0 Å². The molecule has 0 aromatic heterocycles. The zero-order valence-electron chi connectivity index (χ0n) is 8.59. The molecular weight excluding hydrogens is 258 g/mol. The van der Waals surface area contributed by atoms with Gasteiger partial charge in [-0.1, -0.05) is 6.07 Å². The average Bonchev–Trinajstić information content (AvgIpc) is 2.27. The predicted molar refractivity (Wildman–Crippen MR) is 62.1 cm³/mol. The fourth-order valence-electron chi connectivity index (χ4n) is 1.83. The summed E-state index contributed by atoms with van der Waals surface area (Å²) in [7, 11) is 0. The smallest absolute Gasteiger partial charge is 0.130 e. The lowest BCUT2D eigenvalue weighted by molar-refractivity contribution is 0.0766. The molecule has 1 fully saturated rings. The molecule has 2 N–H and O–H groups in total. The van der Waals surface area contributed by atoms with Crippen LogP contribution in [0.25, 0.3) is 0 Å². The topological polar surface area (TPSA) is 41.5 Å². The monoisotopic (exact) mass is 271 g/mol. The third-order valence-electron chi connectivity index (χ3n) is 2.70. The standard InChI is InChI=1S/C11H14BrNO2/c1-7-8(2-3-10(14)11(7)12)9-6-15-5-4-13-9/h2-3,9,13-14H,4-6H2,1H3. The first kappa shape index (κ1) is 10.9. The second kappa shape index (κ2) is 4.51. The van der Waals surface area contributed by atoms with E-state index in [4.69, 9.17) is 4.74 Å². The molecule has 1 aromatic rings. The molecule has 0 saturated carbocycles. The Balaban J connectivity index is 2.31. The molecule has 3 nitrogen and oxygen atoms in total. The Bertz CT molecular complexity index is 362. The highest BCUT2D eigenvalue weighted by Gasteiger charge is 2.18. The number of phenols is 1. The van der Waals surface area contributed by atoms with Gasteiger partial charge in [0.15, 0.2) is 0 Å². The van der Waals surface area contributed by atoms with Crippen molar-refractivity contribution in [3.05, 3.63) is 27.7 Å². The van der Waals surface area contributed by atoms with Crippen molar-refractivity contribution in [2.75, 3.05) is 19.8 Å². The molecule has 1 aliphatic rings. The Morgan fingerprint density at radius 1 is 1.53 bits per heavy atom. The van der Waals surface area contributed by atoms with Gasteiger partial charge in [-0.25, -0.2) is 0 Å². The Morgan fingerprint density at radius 3 is 3.00 bits per heavy atom. The number of nitrogens with one attached hydrogen (secondary N) is 1. The van der Waals surface area contributed by atoms with Gasteiger partial charge in [0.05, 0.1) is 23.7 Å². The number of benzene rings is 1. The Labute approximate surface area is 97.6 Å². The first-order valence-electron chi connectivity index (χ1n) is 4.99. The first-order valence-corrected chi connectivity index (χ1v) is 5.78. The second-order valence-corrected chi connectivity index (χ2v) is 4.49. The molecular formula is C11H14BrNO2. The molecule has 1 aliphatic heterocycles. The van der Waals surface area contributed by atoms with Gasteiger partial charge in [0.2, 0.25) is 0 Å². The van der Waals surface area contributed by atoms with E-state index in [0.29, 0.717) is 6.61 Å². The van der Waals surface area contributed by atoms with Gasteiger partial charge in [-0.15, -0.1) is 0 Å². The van der Waals surface area contributed by atoms with Crippen LogP contribution in [0.3, 0.4) is 0 Å². The van der Waals surface area contributed by atoms with Crippen LogP contribution in [-0.2, 0) is 4.74 Å². The summed E-state index contributed by atoms with van der Waals surface area (Å²) in [5, 5.41) is 12.9. The van der Waals surface area contributed by atoms with Crippen LogP contribution in [0.1, 0.15) is 17.2 Å². The SMILES string of the molecule is Cc1c(C2COCCN2)ccc(O)c1Br. The van der Waals surface area contributed by atoms with Crippen LogP contribution in [-0.4, -0.2) is 24.9 Å². The van der Waals surface area contributed by atoms with Crippen molar-refractivity contribution in [1.29, 1.82) is 0 Å². The molecule has 82 valence electrons. The summed E-state index contributed by atoms with van der Waals surface area (Å²) in [6, 6.07) is 3.89. The van der Waals surface area contributed by atoms with Crippen LogP contribution in [0.15, 0.2) is 16.6 Å². The van der Waals surface area contributed by atoms with Gasteiger partial charge >= 0.3 is 0 Å². The van der Waals surface area contributed by atoms with Gasteiger partial charge in [-0.2, -0.15) is 0 Å². The Morgan fingerprint density at radius 2 is 2.33 bits per heavy atom. The van der Waals surface area contributed by atoms with Crippen molar-refractivity contribution in [2.24, 2.45) is 0 Å². The number of ether oxygens (including phenoxy) is 1. The molecule has 0 radical (unpaired) electrons. The largest absolute Gasteiger partial charge is 0.507 e. The van der Waals surface area contributed by atoms with Crippen molar-refractivity contribution >= 4 is 15.9 Å². The maximum atomic E-state index is 9.52. The van der Waals surface area contributed by atoms with Crippen LogP contribution in [0.4, 0.5) is 0 Å². The number of rotatable bonds is 1. The summed E-state index contributed by atoms with van der Waals surface area (Å²) < 4.78 is 6.19. The zero-order chi connectivity index (χ0) is 10.8. The number of hydrogen-bond donors (Lipinski definition) is 2. The fraction of sp³-hybridized carbons (Fsp3) is 0.455. The van der Waals surface area contributed by atoms with Crippen LogP contribution in [0, 0.1) is 6.92 Å². The number of halogens is 1. The molecule has 0 amide bonds. The average molecular weight is 272 g/mol. The maximum Gasteiger partial charge on any atom is 0.130 e. The molecule has 0 aliphatic carbocycles.